The first-order chi connectivity index (χ1) is 11.6. The molecule has 1 N–H and O–H groups in total. The van der Waals surface area contributed by atoms with Crippen molar-refractivity contribution in [1.29, 1.82) is 0 Å². The van der Waals surface area contributed by atoms with Crippen molar-refractivity contribution in [2.24, 2.45) is 0 Å². The van der Waals surface area contributed by atoms with E-state index in [1.54, 1.807) is 24.3 Å². The minimum absolute atomic E-state index is 0.248. The van der Waals surface area contributed by atoms with Crippen molar-refractivity contribution in [3.8, 4) is 5.75 Å². The molecule has 0 fully saturated rings. The van der Waals surface area contributed by atoms with Crippen molar-refractivity contribution >= 4 is 23.5 Å². The highest BCUT2D eigenvalue weighted by Gasteiger charge is 2.09. The van der Waals surface area contributed by atoms with Gasteiger partial charge in [-0.3, -0.25) is 4.79 Å². The van der Waals surface area contributed by atoms with E-state index in [1.807, 2.05) is 0 Å². The van der Waals surface area contributed by atoms with Gasteiger partial charge in [-0.05, 0) is 56.4 Å². The summed E-state index contributed by atoms with van der Waals surface area (Å²) >= 11 is 5.76. The van der Waals surface area contributed by atoms with Crippen LogP contribution < -0.4 is 10.1 Å². The van der Waals surface area contributed by atoms with E-state index in [1.165, 1.54) is 18.4 Å². The smallest absolute Gasteiger partial charge is 0.344 e. The average molecular weight is 352 g/mol. The quantitative estimate of drug-likeness (QED) is 0.576. The van der Waals surface area contributed by atoms with Gasteiger partial charge < -0.3 is 14.8 Å². The Morgan fingerprint density at radius 3 is 2.62 bits per heavy atom. The molecule has 6 heteroatoms. The molecule has 24 heavy (non-hydrogen) atoms. The monoisotopic (exact) mass is 351 g/mol. The second-order valence-electron chi connectivity index (χ2n) is 5.61. The van der Waals surface area contributed by atoms with Gasteiger partial charge in [0.25, 0.3) is 5.91 Å². The van der Waals surface area contributed by atoms with Gasteiger partial charge in [-0.25, -0.2) is 4.79 Å². The van der Waals surface area contributed by atoms with Gasteiger partial charge in [-0.15, -0.1) is 0 Å². The van der Waals surface area contributed by atoms with E-state index in [4.69, 9.17) is 21.1 Å². The predicted molar refractivity (Wildman–Crippen MR) is 92.1 cm³/mol. The molecule has 1 aliphatic rings. The molecule has 1 aromatic rings. The molecule has 130 valence electrons. The molecule has 5 nitrogen and oxygen atoms in total. The SMILES string of the molecule is O=C(COC(=O)COc1ccc(Cl)cc1)NCCC1=CCCCC1. The van der Waals surface area contributed by atoms with Crippen LogP contribution in [0, 0.1) is 0 Å². The van der Waals surface area contributed by atoms with Gasteiger partial charge in [0.1, 0.15) is 5.75 Å². The van der Waals surface area contributed by atoms with E-state index in [2.05, 4.69) is 11.4 Å². The highest BCUT2D eigenvalue weighted by molar-refractivity contribution is 6.30. The number of benzene rings is 1. The molecule has 1 amide bonds. The van der Waals surface area contributed by atoms with Crippen LogP contribution in [0.5, 0.6) is 5.75 Å². The molecule has 0 aromatic heterocycles. The molecule has 0 aliphatic heterocycles. The van der Waals surface area contributed by atoms with Crippen LogP contribution >= 0.6 is 11.6 Å². The first kappa shape index (κ1) is 18.3. The molecule has 1 aliphatic carbocycles. The lowest BCUT2D eigenvalue weighted by Gasteiger charge is -2.13. The molecule has 0 saturated carbocycles. The molecule has 0 spiro atoms. The molecule has 0 bridgehead atoms. The summed E-state index contributed by atoms with van der Waals surface area (Å²) in [6, 6.07) is 6.64. The van der Waals surface area contributed by atoms with Crippen LogP contribution in [-0.2, 0) is 14.3 Å². The van der Waals surface area contributed by atoms with Crippen LogP contribution in [0.25, 0.3) is 0 Å². The molecular formula is C18H22ClNO4. The van der Waals surface area contributed by atoms with E-state index in [-0.39, 0.29) is 19.1 Å². The van der Waals surface area contributed by atoms with Gasteiger partial charge in [0.05, 0.1) is 0 Å². The predicted octanol–water partition coefficient (Wildman–Crippen LogP) is 3.27. The topological polar surface area (TPSA) is 64.6 Å². The fourth-order valence-electron chi connectivity index (χ4n) is 2.41. The summed E-state index contributed by atoms with van der Waals surface area (Å²) in [6.45, 7) is 0.0349. The highest BCUT2D eigenvalue weighted by atomic mass is 35.5. The van der Waals surface area contributed by atoms with Gasteiger partial charge >= 0.3 is 5.97 Å². The van der Waals surface area contributed by atoms with E-state index in [0.717, 1.165) is 19.3 Å². The molecule has 0 radical (unpaired) electrons. The van der Waals surface area contributed by atoms with Crippen molar-refractivity contribution in [2.45, 2.75) is 32.1 Å². The molecule has 0 atom stereocenters. The number of carbonyl (C=O) groups excluding carboxylic acids is 2. The molecule has 0 unspecified atom stereocenters. The lowest BCUT2D eigenvalue weighted by molar-refractivity contribution is -0.150. The standard InChI is InChI=1S/C18H22ClNO4/c19-15-6-8-16(9-7-15)23-13-18(22)24-12-17(21)20-11-10-14-4-2-1-3-5-14/h4,6-9H,1-3,5,10-13H2,(H,20,21). The Balaban J connectivity index is 1.56. The zero-order chi connectivity index (χ0) is 17.2. The van der Waals surface area contributed by atoms with Crippen molar-refractivity contribution in [1.82, 2.24) is 5.32 Å². The maximum atomic E-state index is 11.6. The number of nitrogens with one attached hydrogen (secondary N) is 1. The Labute approximate surface area is 147 Å². The van der Waals surface area contributed by atoms with Gasteiger partial charge in [0.15, 0.2) is 13.2 Å². The van der Waals surface area contributed by atoms with Crippen molar-refractivity contribution in [3.63, 3.8) is 0 Å². The average Bonchev–Trinajstić information content (AvgIpc) is 2.60. The summed E-state index contributed by atoms with van der Waals surface area (Å²) in [4.78, 5) is 23.2. The highest BCUT2D eigenvalue weighted by Crippen LogP contribution is 2.19. The van der Waals surface area contributed by atoms with Gasteiger partial charge in [0, 0.05) is 11.6 Å². The number of amides is 1. The van der Waals surface area contributed by atoms with Crippen molar-refractivity contribution < 1.29 is 19.1 Å². The fourth-order valence-corrected chi connectivity index (χ4v) is 2.53. The van der Waals surface area contributed by atoms with Crippen LogP contribution in [0.1, 0.15) is 32.1 Å². The first-order valence-corrected chi connectivity index (χ1v) is 8.50. The Morgan fingerprint density at radius 2 is 1.92 bits per heavy atom. The Morgan fingerprint density at radius 1 is 1.12 bits per heavy atom. The summed E-state index contributed by atoms with van der Waals surface area (Å²) in [7, 11) is 0. The minimum atomic E-state index is -0.588. The van der Waals surface area contributed by atoms with E-state index >= 15 is 0 Å². The number of hydrogen-bond donors (Lipinski definition) is 1. The van der Waals surface area contributed by atoms with E-state index in [9.17, 15) is 9.59 Å². The summed E-state index contributed by atoms with van der Waals surface area (Å²) < 4.78 is 10.1. The summed E-state index contributed by atoms with van der Waals surface area (Å²) in [5.41, 5.74) is 1.40. The summed E-state index contributed by atoms with van der Waals surface area (Å²) in [5, 5.41) is 3.34. The number of rotatable bonds is 8. The maximum Gasteiger partial charge on any atom is 0.344 e. The first-order valence-electron chi connectivity index (χ1n) is 8.12. The van der Waals surface area contributed by atoms with Gasteiger partial charge in [-0.1, -0.05) is 23.3 Å². The van der Waals surface area contributed by atoms with Crippen molar-refractivity contribution in [3.05, 3.63) is 40.9 Å². The number of carbonyl (C=O) groups is 2. The van der Waals surface area contributed by atoms with E-state index < -0.39 is 5.97 Å². The zero-order valence-electron chi connectivity index (χ0n) is 13.6. The maximum absolute atomic E-state index is 11.6. The fraction of sp³-hybridized carbons (Fsp3) is 0.444. The molecule has 0 saturated heterocycles. The largest absolute Gasteiger partial charge is 0.482 e. The number of allylic oxidation sites excluding steroid dienone is 1. The zero-order valence-corrected chi connectivity index (χ0v) is 14.3. The summed E-state index contributed by atoms with van der Waals surface area (Å²) in [5.74, 6) is -0.372. The second kappa shape index (κ2) is 9.98. The number of hydrogen-bond acceptors (Lipinski definition) is 4. The molecule has 2 rings (SSSR count). The number of halogens is 1. The van der Waals surface area contributed by atoms with Crippen LogP contribution in [0.2, 0.25) is 5.02 Å². The Kier molecular flexibility index (Phi) is 7.62. The normalized spacial score (nSPS) is 13.8. The second-order valence-corrected chi connectivity index (χ2v) is 6.05. The Bertz CT molecular complexity index is 583. The molecule has 1 aromatic carbocycles. The Hall–Kier alpha value is -2.01. The number of ether oxygens (including phenoxy) is 2. The third kappa shape index (κ3) is 7.04. The molecule has 0 heterocycles. The van der Waals surface area contributed by atoms with Crippen LogP contribution in [0.3, 0.4) is 0 Å². The van der Waals surface area contributed by atoms with Crippen LogP contribution in [0.15, 0.2) is 35.9 Å². The van der Waals surface area contributed by atoms with E-state index in [0.29, 0.717) is 17.3 Å². The minimum Gasteiger partial charge on any atom is -0.482 e. The van der Waals surface area contributed by atoms with Gasteiger partial charge in [0.2, 0.25) is 0 Å². The lowest BCUT2D eigenvalue weighted by atomic mass is 9.97. The third-order valence-corrected chi connectivity index (χ3v) is 3.94. The lowest BCUT2D eigenvalue weighted by Crippen LogP contribution is -2.30. The third-order valence-electron chi connectivity index (χ3n) is 3.69. The summed E-state index contributed by atoms with van der Waals surface area (Å²) in [6.07, 6.45) is 7.85. The molecular weight excluding hydrogens is 330 g/mol. The van der Waals surface area contributed by atoms with Crippen molar-refractivity contribution in [2.75, 3.05) is 19.8 Å². The van der Waals surface area contributed by atoms with Gasteiger partial charge in [-0.2, -0.15) is 0 Å². The number of esters is 1. The van der Waals surface area contributed by atoms with Crippen LogP contribution in [-0.4, -0.2) is 31.6 Å². The van der Waals surface area contributed by atoms with Crippen LogP contribution in [0.4, 0.5) is 0 Å².